The van der Waals surface area contributed by atoms with Crippen LogP contribution in [0.25, 0.3) is 5.69 Å². The van der Waals surface area contributed by atoms with Crippen molar-refractivity contribution in [2.75, 3.05) is 18.4 Å². The number of halogens is 1. The molecule has 0 atom stereocenters. The number of carbonyl (C=O) groups is 2. The van der Waals surface area contributed by atoms with Crippen molar-refractivity contribution in [3.8, 4) is 5.69 Å². The molecule has 0 saturated heterocycles. The molecule has 0 saturated carbocycles. The van der Waals surface area contributed by atoms with E-state index in [-0.39, 0.29) is 42.7 Å². The monoisotopic (exact) mass is 379 g/mol. The molecule has 142 valence electrons. The lowest BCUT2D eigenvalue weighted by molar-refractivity contribution is -0.123. The summed E-state index contributed by atoms with van der Waals surface area (Å²) in [5.41, 5.74) is 7.86. The third-order valence-corrected chi connectivity index (χ3v) is 3.62. The van der Waals surface area contributed by atoms with E-state index < -0.39 is 0 Å². The first-order valence-electron chi connectivity index (χ1n) is 8.15. The lowest BCUT2D eigenvalue weighted by Crippen LogP contribution is -2.36. The Bertz CT molecular complexity index is 780. The molecular weight excluding hydrogens is 354 g/mol. The van der Waals surface area contributed by atoms with Gasteiger partial charge in [0.1, 0.15) is 5.82 Å². The average Bonchev–Trinajstić information content (AvgIpc) is 2.96. The molecule has 0 radical (unpaired) electrons. The molecule has 2 rings (SSSR count). The second-order valence-corrected chi connectivity index (χ2v) is 6.94. The van der Waals surface area contributed by atoms with Gasteiger partial charge in [-0.25, -0.2) is 4.68 Å². The zero-order valence-corrected chi connectivity index (χ0v) is 16.3. The number of nitrogens with two attached hydrogens (primary N) is 1. The van der Waals surface area contributed by atoms with Crippen molar-refractivity contribution in [2.24, 2.45) is 5.73 Å². The van der Waals surface area contributed by atoms with Crippen LogP contribution in [0.4, 0.5) is 5.82 Å². The Hall–Kier alpha value is -2.38. The Balaban J connectivity index is 0.00000338. The van der Waals surface area contributed by atoms with E-state index in [1.165, 1.54) is 0 Å². The van der Waals surface area contributed by atoms with Gasteiger partial charge in [0.05, 0.1) is 24.5 Å². The van der Waals surface area contributed by atoms with Gasteiger partial charge in [0.2, 0.25) is 11.8 Å². The average molecular weight is 380 g/mol. The molecule has 0 aliphatic rings. The fourth-order valence-electron chi connectivity index (χ4n) is 2.23. The largest absolute Gasteiger partial charge is 0.346 e. The molecule has 0 bridgehead atoms. The topological polar surface area (TPSA) is 102 Å². The van der Waals surface area contributed by atoms with Gasteiger partial charge in [-0.3, -0.25) is 9.59 Å². The van der Waals surface area contributed by atoms with E-state index >= 15 is 0 Å². The number of aromatic nitrogens is 2. The Labute approximate surface area is 159 Å². The Morgan fingerprint density at radius 3 is 2.46 bits per heavy atom. The highest BCUT2D eigenvalue weighted by molar-refractivity contribution is 5.94. The molecule has 0 unspecified atom stereocenters. The van der Waals surface area contributed by atoms with Crippen LogP contribution in [0.15, 0.2) is 30.3 Å². The highest BCUT2D eigenvalue weighted by atomic mass is 35.5. The lowest BCUT2D eigenvalue weighted by Gasteiger charge is -2.14. The highest BCUT2D eigenvalue weighted by Crippen LogP contribution is 2.26. The standard InChI is InChI=1S/C18H25N5O2.ClH/c1-12-6-5-7-13(8-12)23-15(9-14(22-23)18(2,3)4)21-17(25)11-20-16(24)10-19;/h5-9H,10-11,19H2,1-4H3,(H,20,24)(H,21,25);1H. The molecular formula is C18H26ClN5O2. The smallest absolute Gasteiger partial charge is 0.244 e. The number of amides is 2. The number of carbonyl (C=O) groups excluding carboxylic acids is 2. The van der Waals surface area contributed by atoms with Crippen LogP contribution in [0.3, 0.4) is 0 Å². The number of anilines is 1. The van der Waals surface area contributed by atoms with E-state index in [0.717, 1.165) is 16.9 Å². The second kappa shape index (κ2) is 8.82. The van der Waals surface area contributed by atoms with E-state index in [0.29, 0.717) is 5.82 Å². The van der Waals surface area contributed by atoms with Gasteiger partial charge >= 0.3 is 0 Å². The summed E-state index contributed by atoms with van der Waals surface area (Å²) in [6.07, 6.45) is 0. The van der Waals surface area contributed by atoms with Crippen LogP contribution in [-0.2, 0) is 15.0 Å². The van der Waals surface area contributed by atoms with Gasteiger partial charge in [-0.15, -0.1) is 12.4 Å². The zero-order valence-electron chi connectivity index (χ0n) is 15.5. The van der Waals surface area contributed by atoms with Crippen molar-refractivity contribution in [1.29, 1.82) is 0 Å². The number of nitrogens with zero attached hydrogens (tertiary/aromatic N) is 2. The van der Waals surface area contributed by atoms with Crippen LogP contribution < -0.4 is 16.4 Å². The van der Waals surface area contributed by atoms with Crippen molar-refractivity contribution in [1.82, 2.24) is 15.1 Å². The maximum absolute atomic E-state index is 12.1. The van der Waals surface area contributed by atoms with Crippen molar-refractivity contribution >= 4 is 30.0 Å². The summed E-state index contributed by atoms with van der Waals surface area (Å²) in [5, 5.41) is 9.91. The molecule has 0 spiro atoms. The van der Waals surface area contributed by atoms with Gasteiger partial charge in [0.25, 0.3) is 0 Å². The molecule has 1 aromatic carbocycles. The quantitative estimate of drug-likeness (QED) is 0.738. The minimum atomic E-state index is -0.377. The molecule has 1 aromatic heterocycles. The molecule has 26 heavy (non-hydrogen) atoms. The predicted molar refractivity (Wildman–Crippen MR) is 105 cm³/mol. The summed E-state index contributed by atoms with van der Waals surface area (Å²) in [6.45, 7) is 7.88. The summed E-state index contributed by atoms with van der Waals surface area (Å²) in [4.78, 5) is 23.3. The first-order chi connectivity index (χ1) is 11.7. The molecule has 8 heteroatoms. The van der Waals surface area contributed by atoms with Crippen LogP contribution in [0.1, 0.15) is 32.0 Å². The summed E-state index contributed by atoms with van der Waals surface area (Å²) in [5.74, 6) is -0.156. The first-order valence-corrected chi connectivity index (χ1v) is 8.15. The minimum Gasteiger partial charge on any atom is -0.346 e. The molecule has 0 aliphatic heterocycles. The normalized spacial score (nSPS) is 10.8. The zero-order chi connectivity index (χ0) is 18.6. The van der Waals surface area contributed by atoms with Crippen LogP contribution >= 0.6 is 12.4 Å². The minimum absolute atomic E-state index is 0. The third kappa shape index (κ3) is 5.57. The van der Waals surface area contributed by atoms with Crippen LogP contribution in [0.5, 0.6) is 0 Å². The van der Waals surface area contributed by atoms with E-state index in [4.69, 9.17) is 5.73 Å². The maximum atomic E-state index is 12.1. The SMILES string of the molecule is Cc1cccc(-n2nc(C(C)(C)C)cc2NC(=O)CNC(=O)CN)c1.Cl. The fourth-order valence-corrected chi connectivity index (χ4v) is 2.23. The van der Waals surface area contributed by atoms with Gasteiger partial charge in [-0.05, 0) is 24.6 Å². The van der Waals surface area contributed by atoms with Crippen LogP contribution in [0, 0.1) is 6.92 Å². The van der Waals surface area contributed by atoms with Crippen molar-refractivity contribution in [3.05, 3.63) is 41.6 Å². The van der Waals surface area contributed by atoms with E-state index in [9.17, 15) is 9.59 Å². The van der Waals surface area contributed by atoms with Crippen molar-refractivity contribution < 1.29 is 9.59 Å². The lowest BCUT2D eigenvalue weighted by atomic mass is 9.92. The summed E-state index contributed by atoms with van der Waals surface area (Å²) in [7, 11) is 0. The predicted octanol–water partition coefficient (Wildman–Crippen LogP) is 1.91. The Morgan fingerprint density at radius 2 is 1.88 bits per heavy atom. The van der Waals surface area contributed by atoms with Gasteiger partial charge in [0.15, 0.2) is 0 Å². The van der Waals surface area contributed by atoms with E-state index in [2.05, 4.69) is 36.5 Å². The van der Waals surface area contributed by atoms with Crippen LogP contribution in [0.2, 0.25) is 0 Å². The summed E-state index contributed by atoms with van der Waals surface area (Å²) >= 11 is 0. The number of hydrogen-bond donors (Lipinski definition) is 3. The van der Waals surface area contributed by atoms with Gasteiger partial charge in [-0.2, -0.15) is 5.10 Å². The highest BCUT2D eigenvalue weighted by Gasteiger charge is 2.21. The van der Waals surface area contributed by atoms with Gasteiger partial charge in [0, 0.05) is 11.5 Å². The van der Waals surface area contributed by atoms with Crippen LogP contribution in [-0.4, -0.2) is 34.7 Å². The summed E-state index contributed by atoms with van der Waals surface area (Å²) in [6, 6.07) is 9.71. The number of benzene rings is 1. The Morgan fingerprint density at radius 1 is 1.19 bits per heavy atom. The van der Waals surface area contributed by atoms with E-state index in [1.807, 2.05) is 37.3 Å². The van der Waals surface area contributed by atoms with Crippen molar-refractivity contribution in [2.45, 2.75) is 33.1 Å². The van der Waals surface area contributed by atoms with Crippen molar-refractivity contribution in [3.63, 3.8) is 0 Å². The second-order valence-electron chi connectivity index (χ2n) is 6.94. The molecule has 2 aromatic rings. The molecule has 2 amide bonds. The first kappa shape index (κ1) is 21.7. The van der Waals surface area contributed by atoms with E-state index in [1.54, 1.807) is 4.68 Å². The number of nitrogens with one attached hydrogen (secondary N) is 2. The molecule has 0 aliphatic carbocycles. The third-order valence-electron chi connectivity index (χ3n) is 3.62. The molecule has 4 N–H and O–H groups in total. The molecule has 7 nitrogen and oxygen atoms in total. The number of hydrogen-bond acceptors (Lipinski definition) is 4. The summed E-state index contributed by atoms with van der Waals surface area (Å²) < 4.78 is 1.70. The molecule has 1 heterocycles. The number of aryl methyl sites for hydroxylation is 1. The fraction of sp³-hybridized carbons (Fsp3) is 0.389. The number of rotatable bonds is 5. The Kier molecular flexibility index (Phi) is 7.35. The van der Waals surface area contributed by atoms with Gasteiger partial charge in [-0.1, -0.05) is 32.9 Å². The maximum Gasteiger partial charge on any atom is 0.244 e. The van der Waals surface area contributed by atoms with Gasteiger partial charge < -0.3 is 16.4 Å². The molecule has 0 fully saturated rings.